The van der Waals surface area contributed by atoms with Gasteiger partial charge in [-0.05, 0) is 31.7 Å². The quantitative estimate of drug-likeness (QED) is 0.891. The van der Waals surface area contributed by atoms with Gasteiger partial charge in [-0.3, -0.25) is 9.59 Å². The lowest BCUT2D eigenvalue weighted by Gasteiger charge is -2.41. The van der Waals surface area contributed by atoms with Crippen LogP contribution in [0.3, 0.4) is 0 Å². The van der Waals surface area contributed by atoms with E-state index in [0.29, 0.717) is 19.4 Å². The summed E-state index contributed by atoms with van der Waals surface area (Å²) in [6.45, 7) is 0.934. The monoisotopic (exact) mass is 322 g/mol. The van der Waals surface area contributed by atoms with E-state index in [4.69, 9.17) is 0 Å². The number of carbonyl (C=O) groups is 2. The van der Waals surface area contributed by atoms with Gasteiger partial charge in [0, 0.05) is 24.7 Å². The number of rotatable bonds is 4. The molecule has 23 heavy (non-hydrogen) atoms. The Labute approximate surface area is 133 Å². The van der Waals surface area contributed by atoms with Crippen molar-refractivity contribution in [2.24, 2.45) is 5.92 Å². The maximum atomic E-state index is 14.1. The van der Waals surface area contributed by atoms with E-state index < -0.39 is 17.0 Å². The van der Waals surface area contributed by atoms with Crippen LogP contribution in [0, 0.1) is 17.6 Å². The number of piperidine rings is 1. The third-order valence-corrected chi connectivity index (χ3v) is 5.00. The van der Waals surface area contributed by atoms with Crippen molar-refractivity contribution in [3.8, 4) is 0 Å². The van der Waals surface area contributed by atoms with Crippen molar-refractivity contribution >= 4 is 11.8 Å². The van der Waals surface area contributed by atoms with Crippen molar-refractivity contribution in [3.05, 3.63) is 35.4 Å². The minimum atomic E-state index is -0.928. The zero-order valence-corrected chi connectivity index (χ0v) is 12.8. The number of benzene rings is 1. The summed E-state index contributed by atoms with van der Waals surface area (Å²) in [5.74, 6) is -1.89. The first-order chi connectivity index (χ1) is 11.0. The molecule has 1 aromatic carbocycles. The molecule has 2 N–H and O–H groups in total. The molecule has 1 aliphatic carbocycles. The van der Waals surface area contributed by atoms with Gasteiger partial charge in [0.25, 0.3) is 0 Å². The number of amides is 2. The molecule has 1 saturated carbocycles. The predicted octanol–water partition coefficient (Wildman–Crippen LogP) is 2.03. The highest BCUT2D eigenvalue weighted by Gasteiger charge is 2.47. The Morgan fingerprint density at radius 1 is 1.30 bits per heavy atom. The summed E-state index contributed by atoms with van der Waals surface area (Å²) < 4.78 is 27.2. The first-order valence-electron chi connectivity index (χ1n) is 8.04. The number of nitrogens with one attached hydrogen (secondary N) is 2. The summed E-state index contributed by atoms with van der Waals surface area (Å²) in [6.07, 6.45) is 3.54. The summed E-state index contributed by atoms with van der Waals surface area (Å²) in [5.41, 5.74) is -0.682. The number of halogens is 2. The van der Waals surface area contributed by atoms with Crippen molar-refractivity contribution in [1.82, 2.24) is 10.6 Å². The van der Waals surface area contributed by atoms with Gasteiger partial charge in [0.1, 0.15) is 11.6 Å². The van der Waals surface area contributed by atoms with Crippen LogP contribution in [-0.4, -0.2) is 24.9 Å². The molecule has 2 aliphatic rings. The lowest BCUT2D eigenvalue weighted by atomic mass is 9.63. The highest BCUT2D eigenvalue weighted by Crippen LogP contribution is 2.45. The van der Waals surface area contributed by atoms with Crippen LogP contribution in [0.1, 0.15) is 37.7 Å². The second-order valence-corrected chi connectivity index (χ2v) is 6.40. The first-order valence-corrected chi connectivity index (χ1v) is 8.04. The van der Waals surface area contributed by atoms with E-state index in [-0.39, 0.29) is 29.8 Å². The molecule has 1 aliphatic heterocycles. The van der Waals surface area contributed by atoms with E-state index in [9.17, 15) is 18.4 Å². The maximum absolute atomic E-state index is 14.1. The number of carbonyl (C=O) groups excluding carboxylic acids is 2. The van der Waals surface area contributed by atoms with Gasteiger partial charge < -0.3 is 10.6 Å². The molecule has 1 saturated heterocycles. The Bertz CT molecular complexity index is 629. The van der Waals surface area contributed by atoms with Crippen LogP contribution >= 0.6 is 0 Å². The Hall–Kier alpha value is -1.98. The van der Waals surface area contributed by atoms with E-state index in [1.807, 2.05) is 0 Å². The van der Waals surface area contributed by atoms with E-state index in [0.717, 1.165) is 25.3 Å². The van der Waals surface area contributed by atoms with Crippen LogP contribution in [0.4, 0.5) is 8.78 Å². The molecular formula is C17H20F2N2O2. The lowest BCUT2D eigenvalue weighted by Crippen LogP contribution is -2.52. The molecule has 1 aromatic rings. The van der Waals surface area contributed by atoms with Gasteiger partial charge in [0.15, 0.2) is 0 Å². The van der Waals surface area contributed by atoms with Gasteiger partial charge >= 0.3 is 0 Å². The SMILES string of the molecule is O=C1NCCC[C@H]1CNC(=O)C1(c2ccc(F)cc2F)CCC1. The van der Waals surface area contributed by atoms with Gasteiger partial charge in [-0.25, -0.2) is 8.78 Å². The van der Waals surface area contributed by atoms with Crippen molar-refractivity contribution in [2.75, 3.05) is 13.1 Å². The maximum Gasteiger partial charge on any atom is 0.230 e. The van der Waals surface area contributed by atoms with Gasteiger partial charge in [-0.2, -0.15) is 0 Å². The normalized spacial score (nSPS) is 22.9. The molecule has 124 valence electrons. The predicted molar refractivity (Wildman–Crippen MR) is 80.6 cm³/mol. The average Bonchev–Trinajstić information content (AvgIpc) is 2.47. The molecule has 2 fully saturated rings. The minimum absolute atomic E-state index is 0.0489. The number of hydrogen-bond acceptors (Lipinski definition) is 2. The van der Waals surface area contributed by atoms with E-state index >= 15 is 0 Å². The Morgan fingerprint density at radius 3 is 2.70 bits per heavy atom. The second-order valence-electron chi connectivity index (χ2n) is 6.40. The Morgan fingerprint density at radius 2 is 2.09 bits per heavy atom. The van der Waals surface area contributed by atoms with Crippen molar-refractivity contribution in [2.45, 2.75) is 37.5 Å². The molecule has 2 amide bonds. The fourth-order valence-electron chi connectivity index (χ4n) is 3.44. The molecule has 0 aromatic heterocycles. The molecule has 3 rings (SSSR count). The van der Waals surface area contributed by atoms with Crippen LogP contribution in [0.25, 0.3) is 0 Å². The summed E-state index contributed by atoms with van der Waals surface area (Å²) in [7, 11) is 0. The molecular weight excluding hydrogens is 302 g/mol. The molecule has 0 bridgehead atoms. The summed E-state index contributed by atoms with van der Waals surface area (Å²) >= 11 is 0. The average molecular weight is 322 g/mol. The highest BCUT2D eigenvalue weighted by molar-refractivity contribution is 5.90. The fourth-order valence-corrected chi connectivity index (χ4v) is 3.44. The van der Waals surface area contributed by atoms with Crippen molar-refractivity contribution < 1.29 is 18.4 Å². The second kappa shape index (κ2) is 6.26. The number of hydrogen-bond donors (Lipinski definition) is 2. The summed E-state index contributed by atoms with van der Waals surface area (Å²) in [5, 5.41) is 5.58. The molecule has 0 spiro atoms. The molecule has 1 heterocycles. The van der Waals surface area contributed by atoms with Crippen LogP contribution in [-0.2, 0) is 15.0 Å². The summed E-state index contributed by atoms with van der Waals surface area (Å²) in [4.78, 5) is 24.4. The fraction of sp³-hybridized carbons (Fsp3) is 0.529. The van der Waals surface area contributed by atoms with Crippen molar-refractivity contribution in [1.29, 1.82) is 0 Å². The van der Waals surface area contributed by atoms with E-state index in [1.54, 1.807) is 0 Å². The Balaban J connectivity index is 1.72. The van der Waals surface area contributed by atoms with Crippen LogP contribution < -0.4 is 10.6 Å². The summed E-state index contributed by atoms with van der Waals surface area (Å²) in [6, 6.07) is 3.36. The lowest BCUT2D eigenvalue weighted by molar-refractivity contribution is -0.131. The first kappa shape index (κ1) is 15.9. The molecule has 0 radical (unpaired) electrons. The highest BCUT2D eigenvalue weighted by atomic mass is 19.1. The van der Waals surface area contributed by atoms with Gasteiger partial charge in [-0.15, -0.1) is 0 Å². The molecule has 1 atom stereocenters. The zero-order valence-electron chi connectivity index (χ0n) is 12.8. The smallest absolute Gasteiger partial charge is 0.230 e. The van der Waals surface area contributed by atoms with Gasteiger partial charge in [0.05, 0.1) is 11.3 Å². The topological polar surface area (TPSA) is 58.2 Å². The van der Waals surface area contributed by atoms with Crippen molar-refractivity contribution in [3.63, 3.8) is 0 Å². The van der Waals surface area contributed by atoms with Crippen LogP contribution in [0.15, 0.2) is 18.2 Å². The largest absolute Gasteiger partial charge is 0.356 e. The minimum Gasteiger partial charge on any atom is -0.356 e. The third-order valence-electron chi connectivity index (χ3n) is 5.00. The zero-order chi connectivity index (χ0) is 16.4. The molecule has 6 heteroatoms. The van der Waals surface area contributed by atoms with Gasteiger partial charge in [-0.1, -0.05) is 12.5 Å². The third kappa shape index (κ3) is 2.94. The van der Waals surface area contributed by atoms with E-state index in [2.05, 4.69) is 10.6 Å². The standard InChI is InChI=1S/C17H20F2N2O2/c18-12-4-5-13(14(19)9-12)17(6-2-7-17)16(23)21-10-11-3-1-8-20-15(11)22/h4-5,9,11H,1-3,6-8,10H2,(H,20,22)(H,21,23)/t11-/m0/s1. The van der Waals surface area contributed by atoms with Crippen LogP contribution in [0.2, 0.25) is 0 Å². The van der Waals surface area contributed by atoms with Crippen LogP contribution in [0.5, 0.6) is 0 Å². The van der Waals surface area contributed by atoms with Gasteiger partial charge in [0.2, 0.25) is 11.8 Å². The molecule has 0 unspecified atom stereocenters. The molecule has 4 nitrogen and oxygen atoms in total. The van der Waals surface area contributed by atoms with E-state index in [1.165, 1.54) is 12.1 Å². The Kier molecular flexibility index (Phi) is 4.33.